The molecule has 6 nitrogen and oxygen atoms in total. The summed E-state index contributed by atoms with van der Waals surface area (Å²) in [5, 5.41) is 7.03. The number of aryl methyl sites for hydroxylation is 2. The molecule has 1 unspecified atom stereocenters. The molecule has 1 atom stereocenters. The van der Waals surface area contributed by atoms with Crippen LogP contribution in [0.15, 0.2) is 60.0 Å². The van der Waals surface area contributed by atoms with E-state index in [1.54, 1.807) is 6.20 Å². The number of aromatic nitrogens is 3. The number of nitrogens with zero attached hydrogens (tertiary/aromatic N) is 4. The molecule has 0 aliphatic heterocycles. The van der Waals surface area contributed by atoms with E-state index in [1.807, 2.05) is 37.0 Å². The van der Waals surface area contributed by atoms with Gasteiger partial charge in [-0.25, -0.2) is 9.97 Å². The molecule has 1 aliphatic rings. The standard InChI is InChI=1S/C22H26N6/c1-16-24-12-13-28(16)21-19(8-5-11-25-21)15-26-22(23-2)27-20-10-9-17-6-3-4-7-18(17)14-20/h3-8,11-13,20H,9-10,14-15H2,1-2H3,(H2,23,26,27). The van der Waals surface area contributed by atoms with Crippen molar-refractivity contribution in [2.45, 2.75) is 38.8 Å². The Morgan fingerprint density at radius 2 is 2.00 bits per heavy atom. The van der Waals surface area contributed by atoms with Gasteiger partial charge in [-0.05, 0) is 43.4 Å². The molecule has 0 bridgehead atoms. The van der Waals surface area contributed by atoms with E-state index in [1.165, 1.54) is 11.1 Å². The van der Waals surface area contributed by atoms with Gasteiger partial charge in [0, 0.05) is 43.8 Å². The lowest BCUT2D eigenvalue weighted by Crippen LogP contribution is -2.45. The normalized spacial score (nSPS) is 16.5. The summed E-state index contributed by atoms with van der Waals surface area (Å²) in [7, 11) is 1.82. The third kappa shape index (κ3) is 3.91. The molecule has 4 rings (SSSR count). The molecule has 6 heteroatoms. The Hall–Kier alpha value is -3.15. The molecule has 1 aromatic carbocycles. The summed E-state index contributed by atoms with van der Waals surface area (Å²) in [6, 6.07) is 13.1. The molecule has 28 heavy (non-hydrogen) atoms. The zero-order chi connectivity index (χ0) is 19.3. The van der Waals surface area contributed by atoms with E-state index < -0.39 is 0 Å². The molecule has 3 aromatic rings. The predicted octanol–water partition coefficient (Wildman–Crippen LogP) is 2.80. The van der Waals surface area contributed by atoms with Crippen LogP contribution in [0.2, 0.25) is 0 Å². The lowest BCUT2D eigenvalue weighted by molar-refractivity contribution is 0.520. The number of hydrogen-bond donors (Lipinski definition) is 2. The van der Waals surface area contributed by atoms with Gasteiger partial charge < -0.3 is 10.6 Å². The smallest absolute Gasteiger partial charge is 0.191 e. The fourth-order valence-electron chi connectivity index (χ4n) is 3.77. The van der Waals surface area contributed by atoms with Crippen molar-refractivity contribution in [1.29, 1.82) is 0 Å². The van der Waals surface area contributed by atoms with Crippen LogP contribution in [0.3, 0.4) is 0 Å². The van der Waals surface area contributed by atoms with Crippen LogP contribution in [0.5, 0.6) is 0 Å². The van der Waals surface area contributed by atoms with Crippen LogP contribution in [-0.2, 0) is 19.4 Å². The molecule has 1 aliphatic carbocycles. The van der Waals surface area contributed by atoms with Gasteiger partial charge in [0.2, 0.25) is 0 Å². The number of rotatable bonds is 4. The van der Waals surface area contributed by atoms with Gasteiger partial charge in [-0.15, -0.1) is 0 Å². The average Bonchev–Trinajstić information content (AvgIpc) is 3.17. The highest BCUT2D eigenvalue weighted by molar-refractivity contribution is 5.80. The number of nitrogens with one attached hydrogen (secondary N) is 2. The Morgan fingerprint density at radius 3 is 2.79 bits per heavy atom. The lowest BCUT2D eigenvalue weighted by atomic mass is 9.88. The molecular weight excluding hydrogens is 348 g/mol. The minimum absolute atomic E-state index is 0.394. The third-order valence-corrected chi connectivity index (χ3v) is 5.28. The summed E-state index contributed by atoms with van der Waals surface area (Å²) in [5.41, 5.74) is 4.01. The molecule has 2 N–H and O–H groups in total. The van der Waals surface area contributed by atoms with E-state index in [0.717, 1.165) is 42.4 Å². The van der Waals surface area contributed by atoms with Gasteiger partial charge in [0.05, 0.1) is 0 Å². The van der Waals surface area contributed by atoms with Gasteiger partial charge in [0.15, 0.2) is 5.96 Å². The van der Waals surface area contributed by atoms with Crippen molar-refractivity contribution in [3.05, 3.63) is 77.5 Å². The van der Waals surface area contributed by atoms with E-state index in [-0.39, 0.29) is 0 Å². The number of guanidine groups is 1. The van der Waals surface area contributed by atoms with Crippen molar-refractivity contribution in [1.82, 2.24) is 25.2 Å². The molecule has 0 saturated heterocycles. The van der Waals surface area contributed by atoms with Crippen molar-refractivity contribution in [2.24, 2.45) is 4.99 Å². The lowest BCUT2D eigenvalue weighted by Gasteiger charge is -2.27. The van der Waals surface area contributed by atoms with E-state index in [2.05, 4.69) is 55.9 Å². The maximum atomic E-state index is 4.55. The van der Waals surface area contributed by atoms with E-state index in [4.69, 9.17) is 0 Å². The second-order valence-corrected chi connectivity index (χ2v) is 7.11. The van der Waals surface area contributed by atoms with Gasteiger partial charge in [-0.1, -0.05) is 30.3 Å². The van der Waals surface area contributed by atoms with Crippen molar-refractivity contribution in [3.63, 3.8) is 0 Å². The number of aliphatic imine (C=N–C) groups is 1. The van der Waals surface area contributed by atoms with Crippen LogP contribution < -0.4 is 10.6 Å². The number of fused-ring (bicyclic) bond motifs is 1. The van der Waals surface area contributed by atoms with Crippen LogP contribution in [0, 0.1) is 6.92 Å². The molecule has 2 heterocycles. The van der Waals surface area contributed by atoms with E-state index in [0.29, 0.717) is 12.6 Å². The summed E-state index contributed by atoms with van der Waals surface area (Å²) in [4.78, 5) is 13.3. The second-order valence-electron chi connectivity index (χ2n) is 7.11. The van der Waals surface area contributed by atoms with Gasteiger partial charge in [0.1, 0.15) is 11.6 Å². The van der Waals surface area contributed by atoms with E-state index >= 15 is 0 Å². The number of hydrogen-bond acceptors (Lipinski definition) is 3. The fourth-order valence-corrected chi connectivity index (χ4v) is 3.77. The summed E-state index contributed by atoms with van der Waals surface area (Å²) in [6.45, 7) is 2.62. The van der Waals surface area contributed by atoms with Crippen LogP contribution >= 0.6 is 0 Å². The Morgan fingerprint density at radius 1 is 1.14 bits per heavy atom. The van der Waals surface area contributed by atoms with E-state index in [9.17, 15) is 0 Å². The predicted molar refractivity (Wildman–Crippen MR) is 112 cm³/mol. The highest BCUT2D eigenvalue weighted by atomic mass is 15.2. The molecule has 144 valence electrons. The highest BCUT2D eigenvalue weighted by Crippen LogP contribution is 2.21. The molecule has 0 fully saturated rings. The van der Waals surface area contributed by atoms with Crippen LogP contribution in [0.4, 0.5) is 0 Å². The maximum Gasteiger partial charge on any atom is 0.191 e. The molecule has 0 spiro atoms. The minimum atomic E-state index is 0.394. The number of pyridine rings is 1. The number of benzene rings is 1. The van der Waals surface area contributed by atoms with Crippen molar-refractivity contribution >= 4 is 5.96 Å². The highest BCUT2D eigenvalue weighted by Gasteiger charge is 2.19. The molecule has 0 saturated carbocycles. The minimum Gasteiger partial charge on any atom is -0.353 e. The van der Waals surface area contributed by atoms with Gasteiger partial charge in [0.25, 0.3) is 0 Å². The van der Waals surface area contributed by atoms with Crippen molar-refractivity contribution in [3.8, 4) is 5.82 Å². The Bertz CT molecular complexity index is 974. The Kier molecular flexibility index (Phi) is 5.37. The largest absolute Gasteiger partial charge is 0.353 e. The van der Waals surface area contributed by atoms with Crippen LogP contribution in [0.25, 0.3) is 5.82 Å². The first-order valence-corrected chi connectivity index (χ1v) is 9.73. The first kappa shape index (κ1) is 18.2. The number of imidazole rings is 1. The molecule has 0 radical (unpaired) electrons. The maximum absolute atomic E-state index is 4.55. The van der Waals surface area contributed by atoms with Gasteiger partial charge in [-0.2, -0.15) is 0 Å². The van der Waals surface area contributed by atoms with Crippen LogP contribution in [-0.4, -0.2) is 33.6 Å². The molecule has 2 aromatic heterocycles. The summed E-state index contributed by atoms with van der Waals surface area (Å²) < 4.78 is 2.01. The third-order valence-electron chi connectivity index (χ3n) is 5.28. The molecule has 0 amide bonds. The summed E-state index contributed by atoms with van der Waals surface area (Å²) in [5.74, 6) is 2.64. The summed E-state index contributed by atoms with van der Waals surface area (Å²) >= 11 is 0. The van der Waals surface area contributed by atoms with Crippen LogP contribution in [0.1, 0.15) is 28.9 Å². The Labute approximate surface area is 165 Å². The fraction of sp³-hybridized carbons (Fsp3) is 0.318. The first-order valence-electron chi connectivity index (χ1n) is 9.73. The summed E-state index contributed by atoms with van der Waals surface area (Å²) in [6.07, 6.45) is 8.80. The SMILES string of the molecule is CN=C(NCc1cccnc1-n1ccnc1C)NC1CCc2ccccc2C1. The zero-order valence-electron chi connectivity index (χ0n) is 16.4. The average molecular weight is 374 g/mol. The van der Waals surface area contributed by atoms with Crippen molar-refractivity contribution in [2.75, 3.05) is 7.05 Å². The first-order chi connectivity index (χ1) is 13.7. The monoisotopic (exact) mass is 374 g/mol. The quantitative estimate of drug-likeness (QED) is 0.544. The Balaban J connectivity index is 1.42. The topological polar surface area (TPSA) is 67.1 Å². The van der Waals surface area contributed by atoms with Gasteiger partial charge >= 0.3 is 0 Å². The zero-order valence-corrected chi connectivity index (χ0v) is 16.4. The second kappa shape index (κ2) is 8.25. The van der Waals surface area contributed by atoms with Gasteiger partial charge in [-0.3, -0.25) is 9.56 Å². The molecular formula is C22H26N6. The van der Waals surface area contributed by atoms with Crippen molar-refractivity contribution < 1.29 is 0 Å².